The molecule has 38 heavy (non-hydrogen) atoms. The van der Waals surface area contributed by atoms with Crippen LogP contribution in [0.15, 0.2) is 18.6 Å². The van der Waals surface area contributed by atoms with E-state index in [1.165, 1.54) is 4.90 Å². The molecule has 4 amide bonds. The predicted octanol–water partition coefficient (Wildman–Crippen LogP) is 1.33. The third kappa shape index (κ3) is 5.81. The van der Waals surface area contributed by atoms with Crippen LogP contribution in [0, 0.1) is 5.92 Å². The quantitative estimate of drug-likeness (QED) is 0.490. The van der Waals surface area contributed by atoms with E-state index in [9.17, 15) is 14.4 Å². The van der Waals surface area contributed by atoms with Crippen molar-refractivity contribution in [1.29, 1.82) is 0 Å². The van der Waals surface area contributed by atoms with Gasteiger partial charge in [-0.1, -0.05) is 0 Å². The third-order valence-corrected chi connectivity index (χ3v) is 7.41. The molecule has 1 aliphatic carbocycles. The maximum Gasteiger partial charge on any atom is 0.317 e. The SMILES string of the molecule is CN(C)C(=O)NC1CCCN(c2cnc(C(N)=O)c(Nc3cnn(C4CCN(C(=O)C5CC5)CC4)c3)n2)C1. The van der Waals surface area contributed by atoms with E-state index in [-0.39, 0.29) is 35.5 Å². The van der Waals surface area contributed by atoms with E-state index >= 15 is 0 Å². The Bertz CT molecular complexity index is 1190. The summed E-state index contributed by atoms with van der Waals surface area (Å²) >= 11 is 0. The van der Waals surface area contributed by atoms with Gasteiger partial charge in [-0.3, -0.25) is 14.3 Å². The number of primary amides is 1. The Kier molecular flexibility index (Phi) is 7.34. The summed E-state index contributed by atoms with van der Waals surface area (Å²) in [6, 6.07) is 0.0490. The van der Waals surface area contributed by atoms with Gasteiger partial charge < -0.3 is 31.1 Å². The molecular weight excluding hydrogens is 488 g/mol. The molecule has 5 rings (SSSR count). The maximum atomic E-state index is 12.4. The summed E-state index contributed by atoms with van der Waals surface area (Å²) in [6.45, 7) is 2.84. The molecular formula is C25H36N10O3. The topological polar surface area (TPSA) is 155 Å². The number of likely N-dealkylation sites (tertiary alicyclic amines) is 1. The Morgan fingerprint density at radius 2 is 1.82 bits per heavy atom. The number of aromatic nitrogens is 4. The van der Waals surface area contributed by atoms with Gasteiger partial charge in [-0.05, 0) is 38.5 Å². The smallest absolute Gasteiger partial charge is 0.317 e. The third-order valence-electron chi connectivity index (χ3n) is 7.41. The molecule has 2 saturated heterocycles. The van der Waals surface area contributed by atoms with Gasteiger partial charge >= 0.3 is 6.03 Å². The van der Waals surface area contributed by atoms with E-state index in [0.29, 0.717) is 24.0 Å². The molecule has 0 radical (unpaired) electrons. The lowest BCUT2D eigenvalue weighted by atomic mass is 10.0. The van der Waals surface area contributed by atoms with E-state index in [2.05, 4.69) is 25.7 Å². The molecule has 0 bridgehead atoms. The lowest BCUT2D eigenvalue weighted by Gasteiger charge is -2.34. The van der Waals surface area contributed by atoms with Crippen LogP contribution in [-0.2, 0) is 4.79 Å². The van der Waals surface area contributed by atoms with Gasteiger partial charge in [0, 0.05) is 58.4 Å². The Balaban J connectivity index is 1.25. The minimum absolute atomic E-state index is 0.0168. The maximum absolute atomic E-state index is 12.4. The van der Waals surface area contributed by atoms with E-state index in [1.807, 2.05) is 20.7 Å². The Morgan fingerprint density at radius 3 is 2.50 bits per heavy atom. The Morgan fingerprint density at radius 1 is 1.05 bits per heavy atom. The normalized spacial score (nSPS) is 20.2. The van der Waals surface area contributed by atoms with Crippen molar-refractivity contribution in [2.24, 2.45) is 11.7 Å². The zero-order valence-electron chi connectivity index (χ0n) is 22.0. The van der Waals surface area contributed by atoms with Crippen molar-refractivity contribution >= 4 is 35.2 Å². The number of amides is 4. The first-order valence-electron chi connectivity index (χ1n) is 13.3. The van der Waals surface area contributed by atoms with Gasteiger partial charge in [0.1, 0.15) is 5.82 Å². The molecule has 3 fully saturated rings. The number of urea groups is 1. The van der Waals surface area contributed by atoms with E-state index in [4.69, 9.17) is 5.73 Å². The Labute approximate surface area is 221 Å². The van der Waals surface area contributed by atoms with Crippen molar-refractivity contribution in [1.82, 2.24) is 34.9 Å². The number of piperidine rings is 2. The summed E-state index contributed by atoms with van der Waals surface area (Å²) in [5.41, 5.74) is 6.30. The lowest BCUT2D eigenvalue weighted by molar-refractivity contribution is -0.133. The highest BCUT2D eigenvalue weighted by Gasteiger charge is 2.35. The van der Waals surface area contributed by atoms with Gasteiger partial charge in [-0.25, -0.2) is 14.8 Å². The molecule has 1 saturated carbocycles. The van der Waals surface area contributed by atoms with E-state index in [1.54, 1.807) is 26.5 Å². The largest absolute Gasteiger partial charge is 0.364 e. The number of nitrogens with zero attached hydrogens (tertiary/aromatic N) is 7. The summed E-state index contributed by atoms with van der Waals surface area (Å²) in [5, 5.41) is 10.7. The predicted molar refractivity (Wildman–Crippen MR) is 141 cm³/mol. The number of anilines is 3. The molecule has 13 nitrogen and oxygen atoms in total. The fraction of sp³-hybridized carbons (Fsp3) is 0.600. The first kappa shape index (κ1) is 25.7. The molecule has 13 heteroatoms. The minimum atomic E-state index is -0.679. The van der Waals surface area contributed by atoms with Gasteiger partial charge in [0.05, 0.1) is 24.1 Å². The molecule has 4 N–H and O–H groups in total. The molecule has 2 aromatic heterocycles. The fourth-order valence-corrected chi connectivity index (χ4v) is 5.08. The summed E-state index contributed by atoms with van der Waals surface area (Å²) in [4.78, 5) is 51.1. The van der Waals surface area contributed by atoms with Gasteiger partial charge in [0.15, 0.2) is 11.5 Å². The van der Waals surface area contributed by atoms with Crippen molar-refractivity contribution in [2.75, 3.05) is 50.5 Å². The molecule has 1 unspecified atom stereocenters. The number of nitrogens with two attached hydrogens (primary N) is 1. The van der Waals surface area contributed by atoms with Crippen LogP contribution in [0.1, 0.15) is 55.1 Å². The number of hydrogen-bond donors (Lipinski definition) is 3. The Hall–Kier alpha value is -3.90. The van der Waals surface area contributed by atoms with Crippen LogP contribution in [0.25, 0.3) is 0 Å². The molecule has 4 heterocycles. The van der Waals surface area contributed by atoms with Crippen LogP contribution in [0.5, 0.6) is 0 Å². The molecule has 3 aliphatic rings. The van der Waals surface area contributed by atoms with Crippen molar-refractivity contribution in [2.45, 2.75) is 50.6 Å². The molecule has 2 aromatic rings. The average Bonchev–Trinajstić information content (AvgIpc) is 3.66. The molecule has 2 aliphatic heterocycles. The summed E-state index contributed by atoms with van der Waals surface area (Å²) in [5.74, 6) is 0.724. The number of carbonyl (C=O) groups excluding carboxylic acids is 3. The van der Waals surface area contributed by atoms with E-state index < -0.39 is 5.91 Å². The van der Waals surface area contributed by atoms with Crippen LogP contribution in [0.3, 0.4) is 0 Å². The summed E-state index contributed by atoms with van der Waals surface area (Å²) in [7, 11) is 3.42. The zero-order chi connectivity index (χ0) is 26.8. The van der Waals surface area contributed by atoms with Crippen LogP contribution in [0.2, 0.25) is 0 Å². The molecule has 0 aromatic carbocycles. The van der Waals surface area contributed by atoms with Gasteiger partial charge in [-0.15, -0.1) is 0 Å². The highest BCUT2D eigenvalue weighted by molar-refractivity contribution is 5.96. The van der Waals surface area contributed by atoms with Crippen molar-refractivity contribution in [3.8, 4) is 0 Å². The van der Waals surface area contributed by atoms with Crippen molar-refractivity contribution in [3.05, 3.63) is 24.3 Å². The molecule has 0 spiro atoms. The fourth-order valence-electron chi connectivity index (χ4n) is 5.08. The monoisotopic (exact) mass is 524 g/mol. The lowest BCUT2D eigenvalue weighted by Crippen LogP contribution is -2.50. The van der Waals surface area contributed by atoms with Crippen LogP contribution in [0.4, 0.5) is 22.1 Å². The number of nitrogens with one attached hydrogen (secondary N) is 2. The number of hydrogen-bond acceptors (Lipinski definition) is 8. The second-order valence-electron chi connectivity index (χ2n) is 10.6. The van der Waals surface area contributed by atoms with Gasteiger partial charge in [0.2, 0.25) is 5.91 Å². The highest BCUT2D eigenvalue weighted by atomic mass is 16.2. The zero-order valence-corrected chi connectivity index (χ0v) is 22.0. The van der Waals surface area contributed by atoms with Crippen molar-refractivity contribution in [3.63, 3.8) is 0 Å². The summed E-state index contributed by atoms with van der Waals surface area (Å²) < 4.78 is 1.91. The number of rotatable bonds is 7. The standard InChI is InChI=1S/C25H36N10O3/c1-32(2)25(38)30-17-4-3-9-34(14-17)20-13-27-21(22(26)36)23(31-20)29-18-12-28-35(15-18)19-7-10-33(11-8-19)24(37)16-5-6-16/h12-13,15-17,19H,3-11,14H2,1-2H3,(H2,26,36)(H,29,31)(H,30,38). The number of carbonyl (C=O) groups is 3. The van der Waals surface area contributed by atoms with Crippen LogP contribution in [-0.4, -0.2) is 93.7 Å². The van der Waals surface area contributed by atoms with Crippen LogP contribution >= 0.6 is 0 Å². The van der Waals surface area contributed by atoms with Gasteiger partial charge in [-0.2, -0.15) is 5.10 Å². The van der Waals surface area contributed by atoms with Crippen LogP contribution < -0.4 is 21.3 Å². The molecule has 1 atom stereocenters. The summed E-state index contributed by atoms with van der Waals surface area (Å²) in [6.07, 6.45) is 10.6. The first-order valence-corrected chi connectivity index (χ1v) is 13.3. The second-order valence-corrected chi connectivity index (χ2v) is 10.6. The first-order chi connectivity index (χ1) is 18.3. The van der Waals surface area contributed by atoms with Crippen molar-refractivity contribution < 1.29 is 14.4 Å². The van der Waals surface area contributed by atoms with E-state index in [0.717, 1.165) is 58.2 Å². The second kappa shape index (κ2) is 10.8. The molecule has 204 valence electrons. The van der Waals surface area contributed by atoms with Gasteiger partial charge in [0.25, 0.3) is 5.91 Å². The highest BCUT2D eigenvalue weighted by Crippen LogP contribution is 2.33. The minimum Gasteiger partial charge on any atom is -0.364 e. The average molecular weight is 525 g/mol.